The van der Waals surface area contributed by atoms with Gasteiger partial charge in [0.15, 0.2) is 0 Å². The molecule has 2 saturated heterocycles. The molecule has 2 aliphatic rings. The average molecular weight is 505 g/mol. The number of carbonyl (C=O) groups is 2. The number of halogens is 9. The second kappa shape index (κ2) is 9.27. The smallest absolute Gasteiger partial charge is 0.339 e. The van der Waals surface area contributed by atoms with Crippen LogP contribution in [0.3, 0.4) is 0 Å². The van der Waals surface area contributed by atoms with Crippen molar-refractivity contribution in [2.75, 3.05) is 39.3 Å². The molecular formula is C20H20F9N3O2. The lowest BCUT2D eigenvalue weighted by molar-refractivity contribution is -0.187. The summed E-state index contributed by atoms with van der Waals surface area (Å²) in [6.07, 6.45) is -14.4. The number of likely N-dealkylation sites (tertiary alicyclic amines) is 1. The molecule has 0 N–H and O–H groups in total. The van der Waals surface area contributed by atoms with Crippen molar-refractivity contribution < 1.29 is 49.1 Å². The van der Waals surface area contributed by atoms with Crippen LogP contribution in [-0.2, 0) is 17.1 Å². The molecule has 34 heavy (non-hydrogen) atoms. The van der Waals surface area contributed by atoms with Crippen LogP contribution in [0.25, 0.3) is 0 Å². The van der Waals surface area contributed by atoms with Crippen LogP contribution in [0.1, 0.15) is 34.3 Å². The molecule has 0 saturated carbocycles. The van der Waals surface area contributed by atoms with Crippen LogP contribution in [0.2, 0.25) is 0 Å². The SMILES string of the molecule is O=C(c1cc(C(F)(F)F)cc(C(F)(F)F)c1)N1CCC(N2CCN(C(=O)C(F)(F)F)CC2)CC1. The number of nitrogens with zero attached hydrogens (tertiary/aromatic N) is 3. The normalized spacial score (nSPS) is 19.4. The maximum atomic E-state index is 13.1. The fourth-order valence-corrected chi connectivity index (χ4v) is 4.16. The van der Waals surface area contributed by atoms with Crippen molar-refractivity contribution in [2.45, 2.75) is 37.4 Å². The Balaban J connectivity index is 1.63. The van der Waals surface area contributed by atoms with Gasteiger partial charge in [-0.15, -0.1) is 0 Å². The summed E-state index contributed by atoms with van der Waals surface area (Å²) in [5, 5.41) is 0. The van der Waals surface area contributed by atoms with Crippen LogP contribution in [0.15, 0.2) is 18.2 Å². The standard InChI is InChI=1S/C20H20F9N3O2/c21-18(22,23)13-9-12(10-14(11-13)19(24,25)26)16(33)31-3-1-15(2-4-31)30-5-7-32(8-6-30)17(34)20(27,28)29/h9-11,15H,1-8H2. The van der Waals surface area contributed by atoms with Gasteiger partial charge in [0.05, 0.1) is 11.1 Å². The van der Waals surface area contributed by atoms with Crippen LogP contribution < -0.4 is 0 Å². The van der Waals surface area contributed by atoms with Gasteiger partial charge >= 0.3 is 24.4 Å². The maximum absolute atomic E-state index is 13.1. The van der Waals surface area contributed by atoms with E-state index >= 15 is 0 Å². The van der Waals surface area contributed by atoms with Gasteiger partial charge in [0, 0.05) is 50.9 Å². The molecule has 0 unspecified atom stereocenters. The third-order valence-electron chi connectivity index (χ3n) is 5.95. The molecule has 2 fully saturated rings. The van der Waals surface area contributed by atoms with Crippen LogP contribution in [-0.4, -0.2) is 78.0 Å². The van der Waals surface area contributed by atoms with E-state index in [2.05, 4.69) is 0 Å². The first kappa shape index (κ1) is 26.1. The lowest BCUT2D eigenvalue weighted by Gasteiger charge is -2.42. The first-order chi connectivity index (χ1) is 15.6. The molecule has 0 spiro atoms. The fourth-order valence-electron chi connectivity index (χ4n) is 4.16. The summed E-state index contributed by atoms with van der Waals surface area (Å²) in [5.74, 6) is -2.87. The summed E-state index contributed by atoms with van der Waals surface area (Å²) in [5.41, 5.74) is -3.88. The van der Waals surface area contributed by atoms with E-state index in [9.17, 15) is 49.1 Å². The summed E-state index contributed by atoms with van der Waals surface area (Å²) in [4.78, 5) is 27.7. The summed E-state index contributed by atoms with van der Waals surface area (Å²) < 4.78 is 116. The Labute approximate surface area is 188 Å². The predicted molar refractivity (Wildman–Crippen MR) is 99.6 cm³/mol. The quantitative estimate of drug-likeness (QED) is 0.571. The van der Waals surface area contributed by atoms with Gasteiger partial charge in [0.1, 0.15) is 0 Å². The minimum absolute atomic E-state index is 0.0494. The summed E-state index contributed by atoms with van der Waals surface area (Å²) >= 11 is 0. The molecule has 0 bridgehead atoms. The van der Waals surface area contributed by atoms with Gasteiger partial charge in [-0.25, -0.2) is 0 Å². The average Bonchev–Trinajstić information content (AvgIpc) is 2.76. The van der Waals surface area contributed by atoms with Gasteiger partial charge in [-0.05, 0) is 31.0 Å². The van der Waals surface area contributed by atoms with Gasteiger partial charge in [0.2, 0.25) is 0 Å². The summed E-state index contributed by atoms with van der Waals surface area (Å²) in [6.45, 7) is 0.238. The highest BCUT2D eigenvalue weighted by Gasteiger charge is 2.44. The van der Waals surface area contributed by atoms with Gasteiger partial charge in [-0.3, -0.25) is 14.5 Å². The number of piperazine rings is 1. The Morgan fingerprint density at radius 1 is 0.676 bits per heavy atom. The van der Waals surface area contributed by atoms with E-state index in [-0.39, 0.29) is 51.4 Å². The topological polar surface area (TPSA) is 43.9 Å². The molecule has 2 aliphatic heterocycles. The zero-order valence-electron chi connectivity index (χ0n) is 17.5. The van der Waals surface area contributed by atoms with E-state index in [0.717, 1.165) is 4.90 Å². The molecule has 1 aromatic carbocycles. The van der Waals surface area contributed by atoms with Crippen molar-refractivity contribution in [3.05, 3.63) is 34.9 Å². The van der Waals surface area contributed by atoms with Crippen molar-refractivity contribution in [2.24, 2.45) is 0 Å². The summed E-state index contributed by atoms with van der Waals surface area (Å²) in [6, 6.07) is 0.590. The highest BCUT2D eigenvalue weighted by atomic mass is 19.4. The Hall–Kier alpha value is -2.51. The number of piperidine rings is 1. The molecule has 0 aliphatic carbocycles. The number of carbonyl (C=O) groups excluding carboxylic acids is 2. The van der Waals surface area contributed by atoms with Gasteiger partial charge < -0.3 is 9.80 Å². The Morgan fingerprint density at radius 3 is 1.56 bits per heavy atom. The monoisotopic (exact) mass is 505 g/mol. The number of hydrogen-bond acceptors (Lipinski definition) is 3. The zero-order chi connectivity index (χ0) is 25.5. The second-order valence-corrected chi connectivity index (χ2v) is 8.14. The molecule has 3 rings (SSSR count). The highest BCUT2D eigenvalue weighted by molar-refractivity contribution is 5.94. The number of benzene rings is 1. The van der Waals surface area contributed by atoms with Crippen LogP contribution in [0, 0.1) is 0 Å². The second-order valence-electron chi connectivity index (χ2n) is 8.14. The molecule has 5 nitrogen and oxygen atoms in total. The minimum atomic E-state index is -5.07. The third-order valence-corrected chi connectivity index (χ3v) is 5.95. The maximum Gasteiger partial charge on any atom is 0.471 e. The van der Waals surface area contributed by atoms with Crippen molar-refractivity contribution >= 4 is 11.8 Å². The Bertz CT molecular complexity index is 879. The van der Waals surface area contributed by atoms with E-state index in [0.29, 0.717) is 29.9 Å². The molecule has 2 heterocycles. The molecule has 0 radical (unpaired) electrons. The van der Waals surface area contributed by atoms with Crippen molar-refractivity contribution in [3.63, 3.8) is 0 Å². The van der Waals surface area contributed by atoms with Crippen molar-refractivity contribution in [1.82, 2.24) is 14.7 Å². The first-order valence-corrected chi connectivity index (χ1v) is 10.3. The Morgan fingerprint density at radius 2 is 1.15 bits per heavy atom. The summed E-state index contributed by atoms with van der Waals surface area (Å²) in [7, 11) is 0. The van der Waals surface area contributed by atoms with Gasteiger partial charge in [0.25, 0.3) is 5.91 Å². The third kappa shape index (κ3) is 5.94. The number of alkyl halides is 9. The van der Waals surface area contributed by atoms with Crippen LogP contribution in [0.4, 0.5) is 39.5 Å². The fraction of sp³-hybridized carbons (Fsp3) is 0.600. The van der Waals surface area contributed by atoms with E-state index in [1.54, 1.807) is 0 Å². The number of hydrogen-bond donors (Lipinski definition) is 0. The van der Waals surface area contributed by atoms with Crippen molar-refractivity contribution in [3.8, 4) is 0 Å². The molecule has 14 heteroatoms. The van der Waals surface area contributed by atoms with Gasteiger partial charge in [-0.1, -0.05) is 0 Å². The lowest BCUT2D eigenvalue weighted by Crippen LogP contribution is -2.56. The predicted octanol–water partition coefficient (Wildman–Crippen LogP) is 4.04. The molecule has 0 aromatic heterocycles. The lowest BCUT2D eigenvalue weighted by atomic mass is 9.99. The Kier molecular flexibility index (Phi) is 7.11. The highest BCUT2D eigenvalue weighted by Crippen LogP contribution is 2.36. The number of rotatable bonds is 2. The van der Waals surface area contributed by atoms with Gasteiger partial charge in [-0.2, -0.15) is 39.5 Å². The van der Waals surface area contributed by atoms with E-state index in [4.69, 9.17) is 0 Å². The molecule has 190 valence electrons. The van der Waals surface area contributed by atoms with Crippen LogP contribution >= 0.6 is 0 Å². The van der Waals surface area contributed by atoms with E-state index in [1.165, 1.54) is 0 Å². The first-order valence-electron chi connectivity index (χ1n) is 10.3. The largest absolute Gasteiger partial charge is 0.471 e. The van der Waals surface area contributed by atoms with E-state index < -0.39 is 47.0 Å². The molecule has 2 amide bonds. The number of amides is 2. The van der Waals surface area contributed by atoms with E-state index in [1.807, 2.05) is 4.90 Å². The minimum Gasteiger partial charge on any atom is -0.339 e. The molecule has 0 atom stereocenters. The molecular weight excluding hydrogens is 485 g/mol. The zero-order valence-corrected chi connectivity index (χ0v) is 17.5. The van der Waals surface area contributed by atoms with Crippen molar-refractivity contribution in [1.29, 1.82) is 0 Å². The van der Waals surface area contributed by atoms with Crippen LogP contribution in [0.5, 0.6) is 0 Å². The molecule has 1 aromatic rings.